The molecule has 0 amide bonds. The van der Waals surface area contributed by atoms with Crippen LogP contribution in [0.1, 0.15) is 19.4 Å². The van der Waals surface area contributed by atoms with E-state index in [0.29, 0.717) is 0 Å². The second-order valence-electron chi connectivity index (χ2n) is 3.29. The molecule has 17 heavy (non-hydrogen) atoms. The van der Waals surface area contributed by atoms with Gasteiger partial charge in [0.05, 0.1) is 5.56 Å². The van der Waals surface area contributed by atoms with Gasteiger partial charge in [0.1, 0.15) is 5.75 Å². The van der Waals surface area contributed by atoms with Gasteiger partial charge in [-0.15, -0.1) is 0 Å². The number of carbonyl (C=O) groups is 1. The SMILES string of the molecule is CC(=O)OC(C)Oc1ccccc1C(F)(F)F. The first kappa shape index (κ1) is 13.3. The summed E-state index contributed by atoms with van der Waals surface area (Å²) >= 11 is 0. The fraction of sp³-hybridized carbons (Fsp3) is 0.364. The molecule has 0 bridgehead atoms. The van der Waals surface area contributed by atoms with Crippen LogP contribution in [0.5, 0.6) is 5.75 Å². The van der Waals surface area contributed by atoms with Crippen molar-refractivity contribution in [2.45, 2.75) is 26.3 Å². The molecule has 1 unspecified atom stereocenters. The summed E-state index contributed by atoms with van der Waals surface area (Å²) in [6, 6.07) is 4.73. The van der Waals surface area contributed by atoms with Gasteiger partial charge in [-0.2, -0.15) is 13.2 Å². The molecule has 0 saturated heterocycles. The molecule has 0 aliphatic rings. The lowest BCUT2D eigenvalue weighted by Crippen LogP contribution is -2.20. The fourth-order valence-corrected chi connectivity index (χ4v) is 1.24. The number of esters is 1. The Kier molecular flexibility index (Phi) is 3.98. The van der Waals surface area contributed by atoms with Crippen molar-refractivity contribution in [3.05, 3.63) is 29.8 Å². The zero-order valence-corrected chi connectivity index (χ0v) is 9.25. The Balaban J connectivity index is 2.87. The van der Waals surface area contributed by atoms with Crippen LogP contribution in [0, 0.1) is 0 Å². The highest BCUT2D eigenvalue weighted by molar-refractivity contribution is 5.66. The fourth-order valence-electron chi connectivity index (χ4n) is 1.24. The van der Waals surface area contributed by atoms with E-state index in [-0.39, 0.29) is 5.75 Å². The van der Waals surface area contributed by atoms with Gasteiger partial charge in [0.25, 0.3) is 0 Å². The normalized spacial score (nSPS) is 13.0. The van der Waals surface area contributed by atoms with Gasteiger partial charge in [0, 0.05) is 13.8 Å². The van der Waals surface area contributed by atoms with Crippen LogP contribution in [0.4, 0.5) is 13.2 Å². The summed E-state index contributed by atoms with van der Waals surface area (Å²) in [5.74, 6) is -0.990. The van der Waals surface area contributed by atoms with Gasteiger partial charge in [0.15, 0.2) is 0 Å². The van der Waals surface area contributed by atoms with Crippen molar-refractivity contribution in [1.82, 2.24) is 0 Å². The summed E-state index contributed by atoms with van der Waals surface area (Å²) in [4.78, 5) is 10.6. The summed E-state index contributed by atoms with van der Waals surface area (Å²) in [5.41, 5.74) is -0.904. The van der Waals surface area contributed by atoms with Crippen LogP contribution in [0.3, 0.4) is 0 Å². The summed E-state index contributed by atoms with van der Waals surface area (Å²) < 4.78 is 47.2. The highest BCUT2D eigenvalue weighted by Crippen LogP contribution is 2.36. The quantitative estimate of drug-likeness (QED) is 0.609. The topological polar surface area (TPSA) is 35.5 Å². The summed E-state index contributed by atoms with van der Waals surface area (Å²) in [5, 5.41) is 0. The maximum atomic E-state index is 12.6. The molecular weight excluding hydrogens is 237 g/mol. The zero-order chi connectivity index (χ0) is 13.1. The molecule has 1 aromatic carbocycles. The smallest absolute Gasteiger partial charge is 0.419 e. The van der Waals surface area contributed by atoms with Crippen LogP contribution in [0.15, 0.2) is 24.3 Å². The molecule has 0 heterocycles. The number of halogens is 3. The third-order valence-electron chi connectivity index (χ3n) is 1.82. The molecule has 0 aromatic heterocycles. The Morgan fingerprint density at radius 1 is 1.29 bits per heavy atom. The predicted molar refractivity (Wildman–Crippen MR) is 53.3 cm³/mol. The highest BCUT2D eigenvalue weighted by Gasteiger charge is 2.34. The Bertz CT molecular complexity index is 401. The molecule has 0 N–H and O–H groups in total. The Hall–Kier alpha value is -1.72. The number of rotatable bonds is 3. The number of ether oxygens (including phenoxy) is 2. The number of carbonyl (C=O) groups excluding carboxylic acids is 1. The molecule has 1 rings (SSSR count). The monoisotopic (exact) mass is 248 g/mol. The van der Waals surface area contributed by atoms with Crippen molar-refractivity contribution < 1.29 is 27.4 Å². The predicted octanol–water partition coefficient (Wildman–Crippen LogP) is 2.99. The van der Waals surface area contributed by atoms with Crippen molar-refractivity contribution in [3.8, 4) is 5.75 Å². The van der Waals surface area contributed by atoms with Gasteiger partial charge in [-0.25, -0.2) is 0 Å². The van der Waals surface area contributed by atoms with Gasteiger partial charge in [-0.05, 0) is 12.1 Å². The standard InChI is InChI=1S/C11H11F3O3/c1-7(15)16-8(2)17-10-6-4-3-5-9(10)11(12,13)14/h3-6,8H,1-2H3. The highest BCUT2D eigenvalue weighted by atomic mass is 19.4. The van der Waals surface area contributed by atoms with Crippen molar-refractivity contribution in [3.63, 3.8) is 0 Å². The second-order valence-corrected chi connectivity index (χ2v) is 3.29. The maximum Gasteiger partial charge on any atom is 0.419 e. The van der Waals surface area contributed by atoms with Gasteiger partial charge in [-0.1, -0.05) is 12.1 Å². The van der Waals surface area contributed by atoms with E-state index < -0.39 is 24.0 Å². The molecule has 1 atom stereocenters. The van der Waals surface area contributed by atoms with Crippen LogP contribution in [-0.4, -0.2) is 12.3 Å². The maximum absolute atomic E-state index is 12.6. The van der Waals surface area contributed by atoms with Crippen molar-refractivity contribution in [2.75, 3.05) is 0 Å². The number of para-hydroxylation sites is 1. The van der Waals surface area contributed by atoms with Crippen molar-refractivity contribution in [1.29, 1.82) is 0 Å². The minimum absolute atomic E-state index is 0.367. The van der Waals surface area contributed by atoms with Gasteiger partial charge < -0.3 is 9.47 Å². The van der Waals surface area contributed by atoms with Gasteiger partial charge in [-0.3, -0.25) is 4.79 Å². The molecule has 0 aliphatic heterocycles. The molecule has 0 fully saturated rings. The second kappa shape index (κ2) is 5.07. The van der Waals surface area contributed by atoms with E-state index in [1.54, 1.807) is 0 Å². The van der Waals surface area contributed by atoms with Crippen LogP contribution in [0.25, 0.3) is 0 Å². The van der Waals surface area contributed by atoms with Crippen LogP contribution < -0.4 is 4.74 Å². The first-order chi connectivity index (χ1) is 7.80. The minimum atomic E-state index is -4.51. The molecule has 0 saturated carbocycles. The molecule has 3 nitrogen and oxygen atoms in total. The van der Waals surface area contributed by atoms with E-state index in [9.17, 15) is 18.0 Å². The van der Waals surface area contributed by atoms with Crippen molar-refractivity contribution in [2.24, 2.45) is 0 Å². The van der Waals surface area contributed by atoms with Gasteiger partial charge in [0.2, 0.25) is 6.29 Å². The van der Waals surface area contributed by atoms with Crippen LogP contribution in [0.2, 0.25) is 0 Å². The third kappa shape index (κ3) is 3.97. The lowest BCUT2D eigenvalue weighted by Gasteiger charge is -2.17. The molecule has 0 aliphatic carbocycles. The van der Waals surface area contributed by atoms with E-state index in [0.717, 1.165) is 13.0 Å². The average molecular weight is 248 g/mol. The van der Waals surface area contributed by atoms with E-state index >= 15 is 0 Å². The first-order valence-corrected chi connectivity index (χ1v) is 4.81. The molecule has 0 spiro atoms. The van der Waals surface area contributed by atoms with Gasteiger partial charge >= 0.3 is 12.1 Å². The Morgan fingerprint density at radius 3 is 2.41 bits per heavy atom. The van der Waals surface area contributed by atoms with E-state index in [1.807, 2.05) is 0 Å². The third-order valence-corrected chi connectivity index (χ3v) is 1.82. The minimum Gasteiger partial charge on any atom is -0.454 e. The molecule has 6 heteroatoms. The van der Waals surface area contributed by atoms with E-state index in [1.165, 1.54) is 25.1 Å². The molecule has 0 radical (unpaired) electrons. The largest absolute Gasteiger partial charge is 0.454 e. The number of hydrogen-bond acceptors (Lipinski definition) is 3. The first-order valence-electron chi connectivity index (χ1n) is 4.81. The van der Waals surface area contributed by atoms with E-state index in [2.05, 4.69) is 4.74 Å². The Morgan fingerprint density at radius 2 is 1.88 bits per heavy atom. The summed E-state index contributed by atoms with van der Waals surface area (Å²) in [7, 11) is 0. The molecular formula is C11H11F3O3. The number of benzene rings is 1. The number of alkyl halides is 3. The van der Waals surface area contributed by atoms with Crippen LogP contribution in [-0.2, 0) is 15.7 Å². The summed E-state index contributed by atoms with van der Waals surface area (Å²) in [6.45, 7) is 2.49. The number of hydrogen-bond donors (Lipinski definition) is 0. The molecule has 94 valence electrons. The van der Waals surface area contributed by atoms with Crippen molar-refractivity contribution >= 4 is 5.97 Å². The lowest BCUT2D eigenvalue weighted by molar-refractivity contribution is -0.160. The summed E-state index contributed by atoms with van der Waals surface area (Å²) in [6.07, 6.45) is -5.58. The average Bonchev–Trinajstić information content (AvgIpc) is 2.15. The van der Waals surface area contributed by atoms with E-state index in [4.69, 9.17) is 4.74 Å². The molecule has 1 aromatic rings. The zero-order valence-electron chi connectivity index (χ0n) is 9.25. The Labute approximate surface area is 96.1 Å². The van der Waals surface area contributed by atoms with Crippen LogP contribution >= 0.6 is 0 Å². The lowest BCUT2D eigenvalue weighted by atomic mass is 10.2.